The summed E-state index contributed by atoms with van der Waals surface area (Å²) in [7, 11) is 2.91. The highest BCUT2D eigenvalue weighted by Crippen LogP contribution is 2.45. The monoisotopic (exact) mass is 1110 g/mol. The maximum Gasteiger partial charge on any atom is 0.269 e. The maximum absolute atomic E-state index is 12.9. The van der Waals surface area contributed by atoms with Gasteiger partial charge in [-0.2, -0.15) is 0 Å². The Morgan fingerprint density at radius 3 is 1.71 bits per heavy atom. The summed E-state index contributed by atoms with van der Waals surface area (Å²) in [6.07, 6.45) is -1.53. The Kier molecular flexibility index (Phi) is 13.4. The molecule has 1 aromatic carbocycles. The van der Waals surface area contributed by atoms with Gasteiger partial charge in [0.25, 0.3) is 11.8 Å². The topological polar surface area (TPSA) is 210 Å². The second kappa shape index (κ2) is 16.9. The average Bonchev–Trinajstić information content (AvgIpc) is 3.73. The van der Waals surface area contributed by atoms with Gasteiger partial charge in [0.1, 0.15) is 53.6 Å². The van der Waals surface area contributed by atoms with Gasteiger partial charge in [-0.3, -0.25) is 9.59 Å². The zero-order chi connectivity index (χ0) is 38.1. The van der Waals surface area contributed by atoms with E-state index in [9.17, 15) is 30.0 Å². The third kappa shape index (κ3) is 8.37. The molecule has 2 spiro atoms. The molecule has 2 heterocycles. The molecule has 21 heteroatoms. The van der Waals surface area contributed by atoms with Gasteiger partial charge in [-0.1, -0.05) is 10.3 Å². The third-order valence-electron chi connectivity index (χ3n) is 8.27. The van der Waals surface area contributed by atoms with Crippen LogP contribution in [0, 0.1) is 0 Å². The van der Waals surface area contributed by atoms with Crippen molar-refractivity contribution in [1.29, 1.82) is 0 Å². The number of carbonyl (C=O) groups excluding carboxylic acids is 2. The van der Waals surface area contributed by atoms with E-state index in [4.69, 9.17) is 23.9 Å². The van der Waals surface area contributed by atoms with Crippen LogP contribution in [0.5, 0.6) is 5.75 Å². The SMILES string of the molecule is COC1=C(Br)[C@H](O)C2(C=C1Br)CC(C(=O)NCC(O)COc1c(Br)cc(C(O)CNC(=O)C3=NOC4(C=C(Br)C(OC)=C(Br)[C@@H]4O)C3)cc1Br)=NO2. The van der Waals surface area contributed by atoms with E-state index in [0.717, 1.165) is 0 Å². The van der Waals surface area contributed by atoms with E-state index in [1.54, 1.807) is 24.3 Å². The number of oxime groups is 2. The number of ether oxygens (including phenoxy) is 3. The molecule has 282 valence electrons. The molecule has 6 atom stereocenters. The van der Waals surface area contributed by atoms with Crippen molar-refractivity contribution in [1.82, 2.24) is 10.6 Å². The number of aliphatic hydroxyl groups excluding tert-OH is 4. The Morgan fingerprint density at radius 2 is 1.27 bits per heavy atom. The number of nitrogens with one attached hydrogen (secondary N) is 2. The lowest BCUT2D eigenvalue weighted by Gasteiger charge is -2.33. The molecule has 5 rings (SSSR count). The minimum Gasteiger partial charge on any atom is -0.495 e. The molecule has 0 fully saturated rings. The van der Waals surface area contributed by atoms with Gasteiger partial charge in [-0.05, 0) is 125 Å². The van der Waals surface area contributed by atoms with Crippen LogP contribution in [0.25, 0.3) is 0 Å². The summed E-state index contributed by atoms with van der Waals surface area (Å²) in [6.45, 7) is -0.560. The zero-order valence-corrected chi connectivity index (χ0v) is 36.5. The molecule has 2 amide bonds. The van der Waals surface area contributed by atoms with Crippen LogP contribution < -0.4 is 15.4 Å². The van der Waals surface area contributed by atoms with Crippen molar-refractivity contribution in [2.45, 2.75) is 48.5 Å². The molecular weight excluding hydrogens is 1080 g/mol. The second-order valence-electron chi connectivity index (χ2n) is 11.8. The second-order valence-corrected chi connectivity index (χ2v) is 16.9. The Morgan fingerprint density at radius 1 is 0.827 bits per heavy atom. The summed E-state index contributed by atoms with van der Waals surface area (Å²) in [5.41, 5.74) is -2.16. The van der Waals surface area contributed by atoms with Crippen molar-refractivity contribution in [2.75, 3.05) is 33.9 Å². The molecule has 0 aromatic heterocycles. The number of hydrogen-bond acceptors (Lipinski definition) is 13. The summed E-state index contributed by atoms with van der Waals surface area (Å²) in [6, 6.07) is 3.19. The fraction of sp³-hybridized carbons (Fsp3) is 0.419. The normalized spacial score (nSPS) is 26.5. The fourth-order valence-electron chi connectivity index (χ4n) is 5.51. The first-order valence-electron chi connectivity index (χ1n) is 15.1. The standard InChI is InChI=1S/C31H30Br6N4O11/c1-48-24-16(34)5-30(26(44)21(24)36)7-18(40-51-30)28(46)38-9-13(42)11-50-23-14(32)3-12(4-15(23)33)20(43)10-39-29(47)19-8-31(52-41-19)6-17(35)25(49-2)22(37)27(31)45/h3-6,13,20,26-27,42-45H,7-11H2,1-2H3,(H,38,46)(H,39,47)/t13?,20?,26-,27-,30?,31?/m0/s1. The van der Waals surface area contributed by atoms with Crippen LogP contribution in [0.3, 0.4) is 0 Å². The molecule has 1 aromatic rings. The van der Waals surface area contributed by atoms with Crippen molar-refractivity contribution in [3.63, 3.8) is 0 Å². The number of aliphatic hydroxyl groups is 4. The first kappa shape index (κ1) is 41.3. The molecule has 15 nitrogen and oxygen atoms in total. The van der Waals surface area contributed by atoms with Crippen LogP contribution in [0.4, 0.5) is 0 Å². The lowest BCUT2D eigenvalue weighted by molar-refractivity contribution is -0.116. The Balaban J connectivity index is 1.09. The van der Waals surface area contributed by atoms with Crippen LogP contribution in [-0.2, 0) is 28.7 Å². The predicted molar refractivity (Wildman–Crippen MR) is 208 cm³/mol. The summed E-state index contributed by atoms with van der Waals surface area (Å²) < 4.78 is 18.9. The predicted octanol–water partition coefficient (Wildman–Crippen LogP) is 4.06. The van der Waals surface area contributed by atoms with E-state index in [1.165, 1.54) is 14.2 Å². The number of hydrogen-bond donors (Lipinski definition) is 6. The largest absolute Gasteiger partial charge is 0.495 e. The molecule has 4 aliphatic rings. The van der Waals surface area contributed by atoms with Crippen molar-refractivity contribution in [3.05, 3.63) is 68.2 Å². The van der Waals surface area contributed by atoms with E-state index in [2.05, 4.69) is 117 Å². The molecule has 0 saturated heterocycles. The van der Waals surface area contributed by atoms with Gasteiger partial charge in [0.05, 0.1) is 47.2 Å². The zero-order valence-electron chi connectivity index (χ0n) is 27.0. The molecule has 2 aliphatic carbocycles. The molecule has 6 N–H and O–H groups in total. The first-order chi connectivity index (χ1) is 24.6. The van der Waals surface area contributed by atoms with E-state index in [1.807, 2.05) is 0 Å². The van der Waals surface area contributed by atoms with Crippen LogP contribution in [0.15, 0.2) is 73.0 Å². The molecule has 0 saturated carbocycles. The molecule has 4 unspecified atom stereocenters. The fourth-order valence-corrected chi connectivity index (χ4v) is 10.5. The number of allylic oxidation sites excluding steroid dienone is 2. The highest BCUT2D eigenvalue weighted by atomic mass is 79.9. The summed E-state index contributed by atoms with van der Waals surface area (Å²) in [5, 5.41) is 56.0. The Labute approximate surface area is 347 Å². The molecule has 0 radical (unpaired) electrons. The number of carbonyl (C=O) groups is 2. The van der Waals surface area contributed by atoms with E-state index in [-0.39, 0.29) is 44.0 Å². The highest BCUT2D eigenvalue weighted by molar-refractivity contribution is 9.12. The Hall–Kier alpha value is -1.82. The summed E-state index contributed by atoms with van der Waals surface area (Å²) in [5.74, 6) is -0.0771. The first-order valence-corrected chi connectivity index (χ1v) is 19.9. The van der Waals surface area contributed by atoms with Crippen LogP contribution >= 0.6 is 95.6 Å². The number of halogens is 6. The number of amides is 2. The number of nitrogens with zero attached hydrogens (tertiary/aromatic N) is 2. The number of rotatable bonds is 12. The summed E-state index contributed by atoms with van der Waals surface area (Å²) in [4.78, 5) is 36.8. The van der Waals surface area contributed by atoms with Gasteiger partial charge in [0.15, 0.2) is 11.2 Å². The maximum atomic E-state index is 12.9. The van der Waals surface area contributed by atoms with Crippen molar-refractivity contribution < 1.29 is 53.9 Å². The highest BCUT2D eigenvalue weighted by Gasteiger charge is 2.52. The van der Waals surface area contributed by atoms with Gasteiger partial charge < -0.3 is 54.9 Å². The lowest BCUT2D eigenvalue weighted by atomic mass is 9.87. The van der Waals surface area contributed by atoms with Gasteiger partial charge in [-0.25, -0.2) is 0 Å². The van der Waals surface area contributed by atoms with Gasteiger partial charge in [0.2, 0.25) is 0 Å². The van der Waals surface area contributed by atoms with Crippen molar-refractivity contribution in [3.8, 4) is 5.75 Å². The van der Waals surface area contributed by atoms with Gasteiger partial charge in [0, 0.05) is 25.9 Å². The lowest BCUT2D eigenvalue weighted by Crippen LogP contribution is -2.45. The van der Waals surface area contributed by atoms with E-state index < -0.39 is 47.4 Å². The van der Waals surface area contributed by atoms with E-state index in [0.29, 0.717) is 49.7 Å². The quantitative estimate of drug-likeness (QED) is 0.176. The number of methoxy groups -OCH3 is 2. The molecule has 52 heavy (non-hydrogen) atoms. The van der Waals surface area contributed by atoms with Crippen molar-refractivity contribution in [2.24, 2.45) is 10.3 Å². The van der Waals surface area contributed by atoms with Crippen LogP contribution in [0.1, 0.15) is 24.5 Å². The third-order valence-corrected chi connectivity index (χ3v) is 12.2. The van der Waals surface area contributed by atoms with Crippen LogP contribution in [0.2, 0.25) is 0 Å². The molecule has 2 aliphatic heterocycles. The van der Waals surface area contributed by atoms with Gasteiger partial charge >= 0.3 is 0 Å². The smallest absolute Gasteiger partial charge is 0.269 e. The number of benzene rings is 1. The Bertz CT molecular complexity index is 1810. The van der Waals surface area contributed by atoms with Gasteiger partial charge in [-0.15, -0.1) is 0 Å². The molecule has 0 bridgehead atoms. The minimum absolute atomic E-state index is 0.0225. The van der Waals surface area contributed by atoms with Crippen LogP contribution in [-0.4, -0.2) is 107 Å². The minimum atomic E-state index is -1.32. The van der Waals surface area contributed by atoms with E-state index >= 15 is 0 Å². The summed E-state index contributed by atoms with van der Waals surface area (Å²) >= 11 is 20.2. The molecular formula is C31H30Br6N4O11. The van der Waals surface area contributed by atoms with Crippen molar-refractivity contribution >= 4 is 119 Å². The average molecular weight is 1110 g/mol.